The smallest absolute Gasteiger partial charge is 0.227 e. The van der Waals surface area contributed by atoms with Gasteiger partial charge in [0.25, 0.3) is 0 Å². The maximum absolute atomic E-state index is 12.0. The molecule has 1 atom stereocenters. The molecule has 2 rings (SSSR count). The first-order chi connectivity index (χ1) is 7.21. The first kappa shape index (κ1) is 13.7. The molecule has 2 aliphatic heterocycles. The van der Waals surface area contributed by atoms with Crippen molar-refractivity contribution in [2.24, 2.45) is 5.41 Å². The van der Waals surface area contributed by atoms with Crippen molar-refractivity contribution in [3.05, 3.63) is 0 Å². The van der Waals surface area contributed by atoms with Crippen LogP contribution in [0.25, 0.3) is 0 Å². The summed E-state index contributed by atoms with van der Waals surface area (Å²) in [6.07, 6.45) is 2.85. The van der Waals surface area contributed by atoms with Crippen molar-refractivity contribution >= 4 is 18.3 Å². The van der Waals surface area contributed by atoms with Gasteiger partial charge in [-0.25, -0.2) is 0 Å². The molecule has 0 aromatic carbocycles. The molecule has 2 fully saturated rings. The van der Waals surface area contributed by atoms with Crippen LogP contribution in [-0.2, 0) is 9.53 Å². The largest absolute Gasteiger partial charge is 0.381 e. The Morgan fingerprint density at radius 2 is 2.12 bits per heavy atom. The van der Waals surface area contributed by atoms with E-state index in [0.717, 1.165) is 45.6 Å². The van der Waals surface area contributed by atoms with E-state index >= 15 is 0 Å². The summed E-state index contributed by atoms with van der Waals surface area (Å²) in [5, 5.41) is 6.39. The molecule has 0 radical (unpaired) electrons. The summed E-state index contributed by atoms with van der Waals surface area (Å²) in [6, 6.07) is 0.323. The van der Waals surface area contributed by atoms with Crippen LogP contribution in [0, 0.1) is 5.41 Å². The van der Waals surface area contributed by atoms with Gasteiger partial charge < -0.3 is 15.4 Å². The van der Waals surface area contributed by atoms with Crippen molar-refractivity contribution in [1.29, 1.82) is 0 Å². The second kappa shape index (κ2) is 5.84. The van der Waals surface area contributed by atoms with Crippen molar-refractivity contribution in [3.63, 3.8) is 0 Å². The average molecular weight is 249 g/mol. The minimum absolute atomic E-state index is 0. The standard InChI is InChI=1S/C11H20N2O2.ClH/c1-11(4-5-12-8-11)10(14)13-9-2-6-15-7-3-9;/h9,12H,2-8H2,1H3,(H,13,14);1H. The van der Waals surface area contributed by atoms with E-state index < -0.39 is 0 Å². The molecule has 94 valence electrons. The summed E-state index contributed by atoms with van der Waals surface area (Å²) in [7, 11) is 0. The monoisotopic (exact) mass is 248 g/mol. The zero-order valence-corrected chi connectivity index (χ0v) is 10.6. The Morgan fingerprint density at radius 3 is 2.69 bits per heavy atom. The second-order valence-corrected chi connectivity index (χ2v) is 4.85. The van der Waals surface area contributed by atoms with Crippen LogP contribution < -0.4 is 10.6 Å². The number of carbonyl (C=O) groups excluding carboxylic acids is 1. The highest BCUT2D eigenvalue weighted by molar-refractivity contribution is 5.85. The van der Waals surface area contributed by atoms with Gasteiger partial charge in [0.05, 0.1) is 5.41 Å². The van der Waals surface area contributed by atoms with Gasteiger partial charge in [-0.1, -0.05) is 0 Å². The first-order valence-corrected chi connectivity index (χ1v) is 5.80. The van der Waals surface area contributed by atoms with E-state index in [0.29, 0.717) is 6.04 Å². The summed E-state index contributed by atoms with van der Waals surface area (Å²) in [6.45, 7) is 5.36. The van der Waals surface area contributed by atoms with Crippen molar-refractivity contribution < 1.29 is 9.53 Å². The van der Waals surface area contributed by atoms with Crippen LogP contribution in [0.3, 0.4) is 0 Å². The van der Waals surface area contributed by atoms with Crippen LogP contribution in [0.1, 0.15) is 26.2 Å². The summed E-state index contributed by atoms with van der Waals surface area (Å²) >= 11 is 0. The molecule has 0 saturated carbocycles. The van der Waals surface area contributed by atoms with Crippen molar-refractivity contribution in [2.75, 3.05) is 26.3 Å². The van der Waals surface area contributed by atoms with Crippen LogP contribution in [-0.4, -0.2) is 38.3 Å². The quantitative estimate of drug-likeness (QED) is 0.757. The number of rotatable bonds is 2. The number of carbonyl (C=O) groups is 1. The normalized spacial score (nSPS) is 30.8. The number of ether oxygens (including phenoxy) is 1. The fourth-order valence-electron chi connectivity index (χ4n) is 2.21. The maximum atomic E-state index is 12.0. The van der Waals surface area contributed by atoms with Crippen LogP contribution >= 0.6 is 12.4 Å². The lowest BCUT2D eigenvalue weighted by Gasteiger charge is -2.28. The molecule has 2 aliphatic rings. The third kappa shape index (κ3) is 3.09. The molecule has 0 aromatic rings. The fourth-order valence-corrected chi connectivity index (χ4v) is 2.21. The van der Waals surface area contributed by atoms with Gasteiger partial charge >= 0.3 is 0 Å². The molecule has 5 heteroatoms. The maximum Gasteiger partial charge on any atom is 0.227 e. The van der Waals surface area contributed by atoms with E-state index in [1.807, 2.05) is 6.92 Å². The number of halogens is 1. The van der Waals surface area contributed by atoms with Crippen molar-refractivity contribution in [2.45, 2.75) is 32.2 Å². The van der Waals surface area contributed by atoms with Crippen LogP contribution in [0.2, 0.25) is 0 Å². The highest BCUT2D eigenvalue weighted by Gasteiger charge is 2.37. The Hall–Kier alpha value is -0.320. The Bertz CT molecular complexity index is 236. The van der Waals surface area contributed by atoms with Gasteiger partial charge in [0.1, 0.15) is 0 Å². The molecule has 1 unspecified atom stereocenters. The van der Waals surface area contributed by atoms with E-state index in [9.17, 15) is 4.79 Å². The summed E-state index contributed by atoms with van der Waals surface area (Å²) in [5.41, 5.74) is -0.196. The van der Waals surface area contributed by atoms with Gasteiger partial charge in [-0.3, -0.25) is 4.79 Å². The SMILES string of the molecule is CC1(C(=O)NC2CCOCC2)CCNC1.Cl. The fraction of sp³-hybridized carbons (Fsp3) is 0.909. The molecular weight excluding hydrogens is 228 g/mol. The van der Waals surface area contributed by atoms with E-state index in [1.165, 1.54) is 0 Å². The van der Waals surface area contributed by atoms with Gasteiger partial charge in [-0.2, -0.15) is 0 Å². The molecule has 0 aromatic heterocycles. The summed E-state index contributed by atoms with van der Waals surface area (Å²) in [5.74, 6) is 0.208. The number of nitrogens with one attached hydrogen (secondary N) is 2. The Kier molecular flexibility index (Phi) is 5.02. The Labute approximate surface area is 103 Å². The minimum atomic E-state index is -0.196. The lowest BCUT2D eigenvalue weighted by Crippen LogP contribution is -2.47. The number of amides is 1. The van der Waals surface area contributed by atoms with Crippen LogP contribution in [0.15, 0.2) is 0 Å². The average Bonchev–Trinajstić information content (AvgIpc) is 2.68. The zero-order chi connectivity index (χ0) is 10.7. The third-order valence-corrected chi connectivity index (χ3v) is 3.47. The van der Waals surface area contributed by atoms with Crippen molar-refractivity contribution in [1.82, 2.24) is 10.6 Å². The lowest BCUT2D eigenvalue weighted by molar-refractivity contribution is -0.130. The lowest BCUT2D eigenvalue weighted by atomic mass is 9.88. The Balaban J connectivity index is 0.00000128. The van der Waals surface area contributed by atoms with Crippen molar-refractivity contribution in [3.8, 4) is 0 Å². The molecule has 4 nitrogen and oxygen atoms in total. The zero-order valence-electron chi connectivity index (χ0n) is 9.75. The number of hydrogen-bond acceptors (Lipinski definition) is 3. The predicted molar refractivity (Wildman–Crippen MR) is 64.8 cm³/mol. The van der Waals surface area contributed by atoms with E-state index in [1.54, 1.807) is 0 Å². The predicted octanol–water partition coefficient (Wildman–Crippen LogP) is 0.703. The molecule has 1 amide bonds. The number of hydrogen-bond donors (Lipinski definition) is 2. The molecule has 2 N–H and O–H groups in total. The van der Waals surface area contributed by atoms with Gasteiger partial charge in [-0.05, 0) is 32.7 Å². The van der Waals surface area contributed by atoms with E-state index in [2.05, 4.69) is 10.6 Å². The molecule has 2 saturated heterocycles. The third-order valence-electron chi connectivity index (χ3n) is 3.47. The first-order valence-electron chi connectivity index (χ1n) is 5.80. The Morgan fingerprint density at radius 1 is 1.44 bits per heavy atom. The molecule has 2 heterocycles. The van der Waals surface area contributed by atoms with Gasteiger partial charge in [0.2, 0.25) is 5.91 Å². The second-order valence-electron chi connectivity index (χ2n) is 4.85. The van der Waals surface area contributed by atoms with Crippen LogP contribution in [0.5, 0.6) is 0 Å². The van der Waals surface area contributed by atoms with E-state index in [-0.39, 0.29) is 23.7 Å². The minimum Gasteiger partial charge on any atom is -0.381 e. The van der Waals surface area contributed by atoms with Gasteiger partial charge in [0, 0.05) is 25.8 Å². The molecule has 0 bridgehead atoms. The van der Waals surface area contributed by atoms with E-state index in [4.69, 9.17) is 4.74 Å². The molecule has 16 heavy (non-hydrogen) atoms. The van der Waals surface area contributed by atoms with Gasteiger partial charge in [-0.15, -0.1) is 12.4 Å². The highest BCUT2D eigenvalue weighted by atomic mass is 35.5. The van der Waals surface area contributed by atoms with Gasteiger partial charge in [0.15, 0.2) is 0 Å². The summed E-state index contributed by atoms with van der Waals surface area (Å²) < 4.78 is 5.27. The molecule has 0 spiro atoms. The van der Waals surface area contributed by atoms with Crippen LogP contribution in [0.4, 0.5) is 0 Å². The highest BCUT2D eigenvalue weighted by Crippen LogP contribution is 2.25. The summed E-state index contributed by atoms with van der Waals surface area (Å²) in [4.78, 5) is 12.0. The molecular formula is C11H21ClN2O2. The molecule has 0 aliphatic carbocycles. The topological polar surface area (TPSA) is 50.4 Å².